The minimum Gasteiger partial charge on any atom is -0.369 e. The van der Waals surface area contributed by atoms with Gasteiger partial charge in [0.05, 0.1) is 28.1 Å². The number of fused-ring (bicyclic) bond motifs is 1. The van der Waals surface area contributed by atoms with E-state index in [0.717, 1.165) is 74.3 Å². The standard InChI is InChI=1S/C30H35ClFN7S/c1-3-40-39-20-24(23-6-4-5-7-27(23)39)29-25(31)19-33-30(35-29)34-21-8-9-28(26(32)18-21)38-12-10-22(11-13-38)37-16-14-36(2)15-17-37/h4-9,18-20,22H,3,10-17H2,1-2H3,(H,33,34,35). The van der Waals surface area contributed by atoms with Crippen LogP contribution in [-0.2, 0) is 0 Å². The van der Waals surface area contributed by atoms with Gasteiger partial charge in [-0.1, -0.05) is 36.7 Å². The number of aromatic nitrogens is 3. The molecule has 1 N–H and O–H groups in total. The van der Waals surface area contributed by atoms with Crippen LogP contribution >= 0.6 is 23.5 Å². The summed E-state index contributed by atoms with van der Waals surface area (Å²) < 4.78 is 17.5. The van der Waals surface area contributed by atoms with E-state index in [1.165, 1.54) is 6.07 Å². The summed E-state index contributed by atoms with van der Waals surface area (Å²) in [6, 6.07) is 14.1. The van der Waals surface area contributed by atoms with E-state index in [0.29, 0.717) is 34.1 Å². The van der Waals surface area contributed by atoms with Crippen molar-refractivity contribution in [1.82, 2.24) is 23.7 Å². The molecule has 0 radical (unpaired) electrons. The zero-order valence-corrected chi connectivity index (χ0v) is 24.6. The van der Waals surface area contributed by atoms with Crippen molar-refractivity contribution in [2.24, 2.45) is 0 Å². The molecule has 10 heteroatoms. The maximum Gasteiger partial charge on any atom is 0.227 e. The largest absolute Gasteiger partial charge is 0.369 e. The van der Waals surface area contributed by atoms with Crippen LogP contribution in [0.2, 0.25) is 5.02 Å². The predicted molar refractivity (Wildman–Crippen MR) is 165 cm³/mol. The Kier molecular flexibility index (Phi) is 8.16. The molecule has 2 aliphatic heterocycles. The highest BCUT2D eigenvalue weighted by molar-refractivity contribution is 7.97. The van der Waals surface area contributed by atoms with Crippen molar-refractivity contribution in [1.29, 1.82) is 0 Å². The topological polar surface area (TPSA) is 52.5 Å². The van der Waals surface area contributed by atoms with Crippen LogP contribution < -0.4 is 10.2 Å². The number of piperidine rings is 1. The molecule has 40 heavy (non-hydrogen) atoms. The van der Waals surface area contributed by atoms with Crippen LogP contribution in [0.5, 0.6) is 0 Å². The van der Waals surface area contributed by atoms with E-state index >= 15 is 4.39 Å². The van der Waals surface area contributed by atoms with Crippen molar-refractivity contribution in [3.8, 4) is 11.3 Å². The van der Waals surface area contributed by atoms with Crippen LogP contribution in [-0.4, -0.2) is 81.9 Å². The van der Waals surface area contributed by atoms with Crippen LogP contribution in [0.15, 0.2) is 54.9 Å². The van der Waals surface area contributed by atoms with Gasteiger partial charge in [0.2, 0.25) is 5.95 Å². The van der Waals surface area contributed by atoms with E-state index in [2.05, 4.69) is 61.3 Å². The molecule has 0 amide bonds. The quantitative estimate of drug-likeness (QED) is 0.273. The monoisotopic (exact) mass is 579 g/mol. The average molecular weight is 580 g/mol. The highest BCUT2D eigenvalue weighted by Gasteiger charge is 2.27. The number of likely N-dealkylation sites (N-methyl/N-ethyl adjacent to an activating group) is 1. The van der Waals surface area contributed by atoms with E-state index < -0.39 is 0 Å². The molecule has 0 spiro atoms. The fourth-order valence-corrected chi connectivity index (χ4v) is 6.78. The van der Waals surface area contributed by atoms with Gasteiger partial charge in [-0.3, -0.25) is 8.87 Å². The molecule has 2 saturated heterocycles. The number of anilines is 3. The molecule has 4 aromatic rings. The molecule has 2 aliphatic rings. The Bertz CT molecular complexity index is 1480. The third kappa shape index (κ3) is 5.65. The lowest BCUT2D eigenvalue weighted by Crippen LogP contribution is -2.52. The van der Waals surface area contributed by atoms with Gasteiger partial charge in [0, 0.05) is 73.9 Å². The number of hydrogen-bond donors (Lipinski definition) is 1. The minimum absolute atomic E-state index is 0.239. The summed E-state index contributed by atoms with van der Waals surface area (Å²) in [5, 5.41) is 4.72. The highest BCUT2D eigenvalue weighted by atomic mass is 35.5. The molecule has 0 atom stereocenters. The Morgan fingerprint density at radius 2 is 1.82 bits per heavy atom. The number of para-hydroxylation sites is 1. The Labute approximate surface area is 244 Å². The van der Waals surface area contributed by atoms with Crippen molar-refractivity contribution in [3.05, 3.63) is 65.7 Å². The second-order valence-corrected chi connectivity index (χ2v) is 12.2. The van der Waals surface area contributed by atoms with Gasteiger partial charge in [0.25, 0.3) is 0 Å². The number of nitrogens with one attached hydrogen (secondary N) is 1. The molecule has 2 aromatic heterocycles. The summed E-state index contributed by atoms with van der Waals surface area (Å²) >= 11 is 8.30. The van der Waals surface area contributed by atoms with Gasteiger partial charge < -0.3 is 15.1 Å². The molecule has 0 unspecified atom stereocenters. The number of rotatable bonds is 7. The maximum atomic E-state index is 15.3. The Morgan fingerprint density at radius 1 is 1.05 bits per heavy atom. The van der Waals surface area contributed by atoms with Gasteiger partial charge >= 0.3 is 0 Å². The molecular formula is C30H35ClFN7S. The molecule has 2 aromatic carbocycles. The number of hydrogen-bond acceptors (Lipinski definition) is 7. The first-order valence-corrected chi connectivity index (χ1v) is 15.3. The summed E-state index contributed by atoms with van der Waals surface area (Å²) in [6.45, 7) is 8.38. The van der Waals surface area contributed by atoms with E-state index in [-0.39, 0.29) is 5.82 Å². The van der Waals surface area contributed by atoms with Crippen LogP contribution in [0, 0.1) is 5.82 Å². The van der Waals surface area contributed by atoms with Crippen LogP contribution in [0.25, 0.3) is 22.2 Å². The van der Waals surface area contributed by atoms with E-state index in [9.17, 15) is 0 Å². The molecule has 0 bridgehead atoms. The van der Waals surface area contributed by atoms with Crippen LogP contribution in [0.3, 0.4) is 0 Å². The highest BCUT2D eigenvalue weighted by Crippen LogP contribution is 2.36. The predicted octanol–water partition coefficient (Wildman–Crippen LogP) is 6.37. The fourth-order valence-electron chi connectivity index (χ4n) is 5.83. The average Bonchev–Trinajstić information content (AvgIpc) is 3.33. The van der Waals surface area contributed by atoms with Crippen molar-refractivity contribution in [3.63, 3.8) is 0 Å². The Morgan fingerprint density at radius 3 is 2.58 bits per heavy atom. The SMILES string of the molecule is CCSn1cc(-c2nc(Nc3ccc(N4CCC(N5CCN(C)CC5)CC4)c(F)c3)ncc2Cl)c2ccccc21. The zero-order chi connectivity index (χ0) is 27.6. The summed E-state index contributed by atoms with van der Waals surface area (Å²) in [5.74, 6) is 1.08. The normalized spacial score (nSPS) is 17.6. The van der Waals surface area contributed by atoms with Crippen molar-refractivity contribution in [2.45, 2.75) is 25.8 Å². The summed E-state index contributed by atoms with van der Waals surface area (Å²) in [6.07, 6.45) is 5.80. The second kappa shape index (κ2) is 11.9. The Hall–Kier alpha value is -2.85. The first-order chi connectivity index (χ1) is 19.5. The molecule has 6 rings (SSSR count). The van der Waals surface area contributed by atoms with Crippen LogP contribution in [0.4, 0.5) is 21.7 Å². The third-order valence-corrected chi connectivity index (χ3v) is 9.12. The number of halogens is 2. The summed E-state index contributed by atoms with van der Waals surface area (Å²) in [4.78, 5) is 16.3. The van der Waals surface area contributed by atoms with E-state index in [1.54, 1.807) is 18.1 Å². The van der Waals surface area contributed by atoms with Gasteiger partial charge in [-0.2, -0.15) is 0 Å². The second-order valence-electron chi connectivity index (χ2n) is 10.5. The summed E-state index contributed by atoms with van der Waals surface area (Å²) in [7, 11) is 2.19. The smallest absolute Gasteiger partial charge is 0.227 e. The first-order valence-electron chi connectivity index (χ1n) is 14.0. The molecule has 7 nitrogen and oxygen atoms in total. The van der Waals surface area contributed by atoms with Crippen LogP contribution in [0.1, 0.15) is 19.8 Å². The van der Waals surface area contributed by atoms with Crippen molar-refractivity contribution in [2.75, 3.05) is 62.3 Å². The lowest BCUT2D eigenvalue weighted by Gasteiger charge is -2.42. The van der Waals surface area contributed by atoms with Gasteiger partial charge in [-0.05, 0) is 56.1 Å². The van der Waals surface area contributed by atoms with Gasteiger partial charge in [0.1, 0.15) is 5.82 Å². The molecule has 2 fully saturated rings. The minimum atomic E-state index is -0.239. The van der Waals surface area contributed by atoms with Gasteiger partial charge in [-0.25, -0.2) is 14.4 Å². The molecule has 4 heterocycles. The van der Waals surface area contributed by atoms with Crippen molar-refractivity contribution < 1.29 is 4.39 Å². The Balaban J connectivity index is 1.16. The molecule has 0 saturated carbocycles. The maximum absolute atomic E-state index is 15.3. The van der Waals surface area contributed by atoms with Gasteiger partial charge in [0.15, 0.2) is 0 Å². The number of nitrogens with zero attached hydrogens (tertiary/aromatic N) is 6. The lowest BCUT2D eigenvalue weighted by atomic mass is 10.0. The lowest BCUT2D eigenvalue weighted by molar-refractivity contribution is 0.0981. The third-order valence-electron chi connectivity index (χ3n) is 8.01. The molecule has 0 aliphatic carbocycles. The first kappa shape index (κ1) is 27.3. The number of piperazine rings is 1. The number of benzene rings is 2. The zero-order valence-electron chi connectivity index (χ0n) is 23.0. The molecular weight excluding hydrogens is 545 g/mol. The van der Waals surface area contributed by atoms with E-state index in [4.69, 9.17) is 16.6 Å². The van der Waals surface area contributed by atoms with E-state index in [1.807, 2.05) is 24.3 Å². The van der Waals surface area contributed by atoms with Crippen molar-refractivity contribution >= 4 is 51.8 Å². The molecule has 210 valence electrons. The fraction of sp³-hybridized carbons (Fsp3) is 0.400. The summed E-state index contributed by atoms with van der Waals surface area (Å²) in [5.41, 5.74) is 3.95. The van der Waals surface area contributed by atoms with Gasteiger partial charge in [-0.15, -0.1) is 0 Å².